The quantitative estimate of drug-likeness (QED) is 0.131. The van der Waals surface area contributed by atoms with Crippen LogP contribution in [0.5, 0.6) is 5.75 Å². The molecule has 2 unspecified atom stereocenters. The van der Waals surface area contributed by atoms with Gasteiger partial charge in [-0.25, -0.2) is 13.2 Å². The summed E-state index contributed by atoms with van der Waals surface area (Å²) in [5, 5.41) is 0. The zero-order chi connectivity index (χ0) is 29.9. The largest absolute Gasteiger partial charge is 0.491 e. The van der Waals surface area contributed by atoms with E-state index in [1.54, 1.807) is 31.2 Å². The lowest BCUT2D eigenvalue weighted by Crippen LogP contribution is -2.28. The summed E-state index contributed by atoms with van der Waals surface area (Å²) < 4.78 is 75.7. The number of rotatable bonds is 15. The Bertz CT molecular complexity index is 1270. The van der Waals surface area contributed by atoms with Crippen LogP contribution in [0.4, 0.5) is 17.6 Å². The molecule has 0 amide bonds. The second kappa shape index (κ2) is 16.1. The molecular formula is C35H42F4O3. The standard InChI is InChI=1S/C35H42F4O3/c1-3-5-6-7-8-9-10-11-24-12-21-31(41-22-24)42-23-27-17-18-28(33(37)32(27)36)25-13-15-26(16-14-25)29-19-20-30(40-4-2)35(39)34(29)38/h13-20,24,31H,3-12,21-23H2,1-2H3. The zero-order valence-electron chi connectivity index (χ0n) is 24.7. The monoisotopic (exact) mass is 586 g/mol. The lowest BCUT2D eigenvalue weighted by molar-refractivity contribution is -0.182. The summed E-state index contributed by atoms with van der Waals surface area (Å²) >= 11 is 0. The topological polar surface area (TPSA) is 27.7 Å². The van der Waals surface area contributed by atoms with Crippen LogP contribution in [0.3, 0.4) is 0 Å². The Kier molecular flexibility index (Phi) is 12.3. The van der Waals surface area contributed by atoms with Gasteiger partial charge in [0.05, 0.1) is 19.8 Å². The van der Waals surface area contributed by atoms with Crippen molar-refractivity contribution in [3.63, 3.8) is 0 Å². The van der Waals surface area contributed by atoms with Crippen LogP contribution >= 0.6 is 0 Å². The van der Waals surface area contributed by atoms with Gasteiger partial charge in [-0.15, -0.1) is 0 Å². The van der Waals surface area contributed by atoms with Gasteiger partial charge in [-0.05, 0) is 55.4 Å². The SMILES string of the molecule is CCCCCCCCCC1CCC(OCc2ccc(-c3ccc(-c4ccc(OCC)c(F)c4F)cc3)c(F)c2F)OC1. The first-order valence-electron chi connectivity index (χ1n) is 15.3. The predicted molar refractivity (Wildman–Crippen MR) is 158 cm³/mol. The van der Waals surface area contributed by atoms with Crippen molar-refractivity contribution in [1.82, 2.24) is 0 Å². The number of ether oxygens (including phenoxy) is 3. The highest BCUT2D eigenvalue weighted by Crippen LogP contribution is 2.33. The van der Waals surface area contributed by atoms with Gasteiger partial charge in [0, 0.05) is 16.7 Å². The van der Waals surface area contributed by atoms with Crippen LogP contribution in [0.1, 0.15) is 83.6 Å². The Morgan fingerprint density at radius 3 is 1.93 bits per heavy atom. The summed E-state index contributed by atoms with van der Waals surface area (Å²) in [7, 11) is 0. The summed E-state index contributed by atoms with van der Waals surface area (Å²) in [6.07, 6.45) is 11.5. The lowest BCUT2D eigenvalue weighted by atomic mass is 9.94. The predicted octanol–water partition coefficient (Wildman–Crippen LogP) is 10.4. The van der Waals surface area contributed by atoms with E-state index < -0.39 is 29.6 Å². The normalized spacial score (nSPS) is 17.0. The van der Waals surface area contributed by atoms with Gasteiger partial charge in [0.1, 0.15) is 0 Å². The number of benzene rings is 3. The van der Waals surface area contributed by atoms with E-state index in [0.717, 1.165) is 19.3 Å². The summed E-state index contributed by atoms with van der Waals surface area (Å²) in [5.74, 6) is -3.67. The molecule has 228 valence electrons. The molecule has 1 heterocycles. The molecule has 0 N–H and O–H groups in total. The summed E-state index contributed by atoms with van der Waals surface area (Å²) in [4.78, 5) is 0. The van der Waals surface area contributed by atoms with Crippen molar-refractivity contribution in [2.75, 3.05) is 13.2 Å². The Balaban J connectivity index is 1.28. The molecule has 0 aliphatic carbocycles. The maximum absolute atomic E-state index is 15.1. The highest BCUT2D eigenvalue weighted by molar-refractivity contribution is 5.71. The Morgan fingerprint density at radius 1 is 0.690 bits per heavy atom. The van der Waals surface area contributed by atoms with Crippen LogP contribution in [0, 0.1) is 29.2 Å². The maximum Gasteiger partial charge on any atom is 0.201 e. The van der Waals surface area contributed by atoms with Crippen molar-refractivity contribution in [2.45, 2.75) is 91.0 Å². The molecule has 7 heteroatoms. The molecule has 1 fully saturated rings. The number of hydrogen-bond acceptors (Lipinski definition) is 3. The third-order valence-corrected chi connectivity index (χ3v) is 7.99. The fraction of sp³-hybridized carbons (Fsp3) is 0.486. The summed E-state index contributed by atoms with van der Waals surface area (Å²) in [6, 6.07) is 12.0. The minimum absolute atomic E-state index is 0.0516. The van der Waals surface area contributed by atoms with Gasteiger partial charge in [-0.3, -0.25) is 0 Å². The lowest BCUT2D eigenvalue weighted by Gasteiger charge is -2.29. The molecule has 3 nitrogen and oxygen atoms in total. The molecule has 3 aromatic carbocycles. The van der Waals surface area contributed by atoms with Gasteiger partial charge in [-0.1, -0.05) is 88.3 Å². The van der Waals surface area contributed by atoms with E-state index in [2.05, 4.69) is 6.92 Å². The Morgan fingerprint density at radius 2 is 1.31 bits per heavy atom. The third kappa shape index (κ3) is 8.35. The fourth-order valence-electron chi connectivity index (χ4n) is 5.49. The highest BCUT2D eigenvalue weighted by Gasteiger charge is 2.23. The molecule has 3 aromatic rings. The molecule has 1 aliphatic rings. The van der Waals surface area contributed by atoms with Gasteiger partial charge >= 0.3 is 0 Å². The molecule has 4 rings (SSSR count). The van der Waals surface area contributed by atoms with Gasteiger partial charge in [0.25, 0.3) is 0 Å². The molecule has 1 saturated heterocycles. The second-order valence-electron chi connectivity index (χ2n) is 11.1. The maximum atomic E-state index is 15.1. The van der Waals surface area contributed by atoms with Gasteiger partial charge in [-0.2, -0.15) is 4.39 Å². The van der Waals surface area contributed by atoms with E-state index in [1.807, 2.05) is 0 Å². The average molecular weight is 587 g/mol. The van der Waals surface area contributed by atoms with Crippen LogP contribution in [-0.2, 0) is 16.1 Å². The Labute approximate surface area is 247 Å². The van der Waals surface area contributed by atoms with E-state index >= 15 is 4.39 Å². The van der Waals surface area contributed by atoms with Crippen molar-refractivity contribution in [3.05, 3.63) is 77.4 Å². The Hall–Kier alpha value is -2.90. The molecule has 0 aromatic heterocycles. The first kappa shape index (κ1) is 32.0. The number of unbranched alkanes of at least 4 members (excludes halogenated alkanes) is 6. The third-order valence-electron chi connectivity index (χ3n) is 7.99. The molecule has 42 heavy (non-hydrogen) atoms. The summed E-state index contributed by atoms with van der Waals surface area (Å²) in [5.41, 5.74) is 1.06. The van der Waals surface area contributed by atoms with E-state index in [0.29, 0.717) is 23.7 Å². The van der Waals surface area contributed by atoms with Crippen molar-refractivity contribution in [1.29, 1.82) is 0 Å². The van der Waals surface area contributed by atoms with E-state index in [1.165, 1.54) is 69.2 Å². The number of halogens is 4. The second-order valence-corrected chi connectivity index (χ2v) is 11.1. The van der Waals surface area contributed by atoms with E-state index in [4.69, 9.17) is 14.2 Å². The van der Waals surface area contributed by atoms with Crippen LogP contribution in [-0.4, -0.2) is 19.5 Å². The first-order valence-corrected chi connectivity index (χ1v) is 15.3. The van der Waals surface area contributed by atoms with Gasteiger partial charge in [0.15, 0.2) is 29.5 Å². The van der Waals surface area contributed by atoms with Crippen molar-refractivity contribution in [2.24, 2.45) is 5.92 Å². The molecule has 1 aliphatic heterocycles. The fourth-order valence-corrected chi connectivity index (χ4v) is 5.49. The van der Waals surface area contributed by atoms with Gasteiger partial charge < -0.3 is 14.2 Å². The van der Waals surface area contributed by atoms with Crippen molar-refractivity contribution < 1.29 is 31.8 Å². The van der Waals surface area contributed by atoms with Crippen molar-refractivity contribution in [3.8, 4) is 28.0 Å². The van der Waals surface area contributed by atoms with E-state index in [9.17, 15) is 13.2 Å². The molecule has 0 spiro atoms. The zero-order valence-corrected chi connectivity index (χ0v) is 24.7. The van der Waals surface area contributed by atoms with Crippen LogP contribution in [0.25, 0.3) is 22.3 Å². The number of hydrogen-bond donors (Lipinski definition) is 0. The highest BCUT2D eigenvalue weighted by atomic mass is 19.2. The average Bonchev–Trinajstić information content (AvgIpc) is 3.01. The van der Waals surface area contributed by atoms with Crippen LogP contribution in [0.2, 0.25) is 0 Å². The molecule has 0 saturated carbocycles. The molecule has 2 atom stereocenters. The molecule has 0 radical (unpaired) electrons. The minimum atomic E-state index is -1.06. The van der Waals surface area contributed by atoms with Crippen molar-refractivity contribution >= 4 is 0 Å². The molecule has 0 bridgehead atoms. The van der Waals surface area contributed by atoms with Gasteiger partial charge in [0.2, 0.25) is 5.82 Å². The first-order chi connectivity index (χ1) is 20.4. The van der Waals surface area contributed by atoms with Crippen LogP contribution in [0.15, 0.2) is 48.5 Å². The summed E-state index contributed by atoms with van der Waals surface area (Å²) in [6.45, 7) is 4.68. The molecular weight excluding hydrogens is 544 g/mol. The smallest absolute Gasteiger partial charge is 0.201 e. The minimum Gasteiger partial charge on any atom is -0.491 e. The van der Waals surface area contributed by atoms with E-state index in [-0.39, 0.29) is 35.7 Å². The van der Waals surface area contributed by atoms with Crippen LogP contribution < -0.4 is 4.74 Å².